The summed E-state index contributed by atoms with van der Waals surface area (Å²) in [5, 5.41) is 13.4. The fourth-order valence-corrected chi connectivity index (χ4v) is 4.30. The number of nitrogens with zero attached hydrogens (tertiary/aromatic N) is 1. The summed E-state index contributed by atoms with van der Waals surface area (Å²) in [6, 6.07) is 20.3. The molecule has 0 spiro atoms. The summed E-state index contributed by atoms with van der Waals surface area (Å²) in [5.41, 5.74) is 2.38. The molecule has 5 nitrogen and oxygen atoms in total. The van der Waals surface area contributed by atoms with Gasteiger partial charge in [-0.25, -0.2) is 0 Å². The summed E-state index contributed by atoms with van der Waals surface area (Å²) in [4.78, 5) is 12.5. The number of nitrogens with one attached hydrogen (secondary N) is 1. The van der Waals surface area contributed by atoms with Crippen LogP contribution < -0.4 is 14.8 Å². The van der Waals surface area contributed by atoms with Crippen molar-refractivity contribution in [1.29, 1.82) is 5.26 Å². The van der Waals surface area contributed by atoms with E-state index in [2.05, 4.69) is 27.9 Å². The first-order valence-electron chi connectivity index (χ1n) is 10.4. The molecule has 174 valence electrons. The molecule has 0 heterocycles. The van der Waals surface area contributed by atoms with Gasteiger partial charge in [0, 0.05) is 22.2 Å². The van der Waals surface area contributed by atoms with Gasteiger partial charge in [-0.1, -0.05) is 59.6 Å². The summed E-state index contributed by atoms with van der Waals surface area (Å²) < 4.78 is 12.6. The SMILES string of the molecule is CCOc1cc(/C=C(\C#N)C(=O)NCc2ccccc2)cc(I)c1OCc1ccc(Cl)cc1Cl. The normalized spacial score (nSPS) is 11.0. The molecule has 3 aromatic rings. The van der Waals surface area contributed by atoms with Gasteiger partial charge in [0.2, 0.25) is 0 Å². The van der Waals surface area contributed by atoms with E-state index in [0.717, 1.165) is 14.7 Å². The van der Waals surface area contributed by atoms with Gasteiger partial charge >= 0.3 is 0 Å². The third kappa shape index (κ3) is 7.13. The van der Waals surface area contributed by atoms with Gasteiger partial charge < -0.3 is 14.8 Å². The number of rotatable bonds is 9. The molecule has 0 aliphatic carbocycles. The Kier molecular flexibility index (Phi) is 9.63. The van der Waals surface area contributed by atoms with Crippen LogP contribution in [0, 0.1) is 14.9 Å². The second-order valence-electron chi connectivity index (χ2n) is 7.13. The van der Waals surface area contributed by atoms with Crippen LogP contribution in [0.4, 0.5) is 0 Å². The van der Waals surface area contributed by atoms with Crippen LogP contribution in [0.2, 0.25) is 10.0 Å². The Bertz CT molecular complexity index is 1240. The van der Waals surface area contributed by atoms with Crippen molar-refractivity contribution in [2.45, 2.75) is 20.1 Å². The summed E-state index contributed by atoms with van der Waals surface area (Å²) >= 11 is 14.4. The second-order valence-corrected chi connectivity index (χ2v) is 9.13. The lowest BCUT2D eigenvalue weighted by Gasteiger charge is -2.15. The van der Waals surface area contributed by atoms with Crippen molar-refractivity contribution in [2.24, 2.45) is 0 Å². The molecule has 0 bridgehead atoms. The number of amides is 1. The van der Waals surface area contributed by atoms with E-state index in [9.17, 15) is 10.1 Å². The molecule has 8 heteroatoms. The maximum Gasteiger partial charge on any atom is 0.262 e. The van der Waals surface area contributed by atoms with Crippen molar-refractivity contribution in [3.8, 4) is 17.6 Å². The quantitative estimate of drug-likeness (QED) is 0.165. The third-order valence-corrected chi connectivity index (χ3v) is 6.08. The van der Waals surface area contributed by atoms with Crippen LogP contribution in [-0.2, 0) is 17.9 Å². The van der Waals surface area contributed by atoms with Crippen LogP contribution in [-0.4, -0.2) is 12.5 Å². The first-order chi connectivity index (χ1) is 16.4. The van der Waals surface area contributed by atoms with Gasteiger partial charge in [-0.2, -0.15) is 5.26 Å². The Morgan fingerprint density at radius 1 is 1.12 bits per heavy atom. The average Bonchev–Trinajstić information content (AvgIpc) is 2.82. The van der Waals surface area contributed by atoms with E-state index in [0.29, 0.717) is 40.3 Å². The molecule has 0 saturated carbocycles. The molecule has 0 atom stereocenters. The minimum atomic E-state index is -0.447. The van der Waals surface area contributed by atoms with Crippen molar-refractivity contribution in [3.05, 3.63) is 96.5 Å². The maximum absolute atomic E-state index is 12.5. The van der Waals surface area contributed by atoms with E-state index < -0.39 is 5.91 Å². The van der Waals surface area contributed by atoms with E-state index in [1.54, 1.807) is 18.2 Å². The summed E-state index contributed by atoms with van der Waals surface area (Å²) in [7, 11) is 0. The first-order valence-corrected chi connectivity index (χ1v) is 12.2. The fraction of sp³-hybridized carbons (Fsp3) is 0.154. The second kappa shape index (κ2) is 12.7. The number of ether oxygens (including phenoxy) is 2. The Balaban J connectivity index is 1.80. The lowest BCUT2D eigenvalue weighted by Crippen LogP contribution is -2.23. The molecule has 0 saturated heterocycles. The fourth-order valence-electron chi connectivity index (χ4n) is 3.05. The first kappa shape index (κ1) is 25.9. The largest absolute Gasteiger partial charge is 0.490 e. The molecule has 3 aromatic carbocycles. The van der Waals surface area contributed by atoms with Crippen molar-refractivity contribution in [2.75, 3.05) is 6.61 Å². The minimum Gasteiger partial charge on any atom is -0.490 e. The van der Waals surface area contributed by atoms with E-state index in [1.165, 1.54) is 6.08 Å². The van der Waals surface area contributed by atoms with E-state index in [-0.39, 0.29) is 12.2 Å². The summed E-state index contributed by atoms with van der Waals surface area (Å²) in [6.45, 7) is 2.85. The predicted octanol–water partition coefficient (Wildman–Crippen LogP) is 6.80. The standard InChI is InChI=1S/C26H21Cl2IN2O3/c1-2-33-24-12-18(10-20(14-30)26(32)31-15-17-6-4-3-5-7-17)11-23(29)25(24)34-16-19-8-9-21(27)13-22(19)28/h3-13H,2,15-16H2,1H3,(H,31,32)/b20-10+. The molecular formula is C26H21Cl2IN2O3. The lowest BCUT2D eigenvalue weighted by molar-refractivity contribution is -0.117. The van der Waals surface area contributed by atoms with Gasteiger partial charge in [0.05, 0.1) is 10.2 Å². The zero-order chi connectivity index (χ0) is 24.5. The van der Waals surface area contributed by atoms with Crippen LogP contribution in [0.3, 0.4) is 0 Å². The Morgan fingerprint density at radius 2 is 1.88 bits per heavy atom. The van der Waals surface area contributed by atoms with Crippen LogP contribution in [0.1, 0.15) is 23.6 Å². The molecule has 0 radical (unpaired) electrons. The Labute approximate surface area is 222 Å². The highest BCUT2D eigenvalue weighted by Gasteiger charge is 2.15. The molecule has 34 heavy (non-hydrogen) atoms. The number of benzene rings is 3. The van der Waals surface area contributed by atoms with E-state index in [4.69, 9.17) is 32.7 Å². The van der Waals surface area contributed by atoms with E-state index >= 15 is 0 Å². The highest BCUT2D eigenvalue weighted by molar-refractivity contribution is 14.1. The molecular weight excluding hydrogens is 586 g/mol. The number of halogens is 3. The van der Waals surface area contributed by atoms with Gasteiger partial charge in [0.1, 0.15) is 18.2 Å². The number of nitriles is 1. The number of carbonyl (C=O) groups is 1. The number of hydrogen-bond donors (Lipinski definition) is 1. The Morgan fingerprint density at radius 3 is 2.56 bits per heavy atom. The summed E-state index contributed by atoms with van der Waals surface area (Å²) in [5.74, 6) is 0.613. The zero-order valence-electron chi connectivity index (χ0n) is 18.3. The lowest BCUT2D eigenvalue weighted by atomic mass is 10.1. The maximum atomic E-state index is 12.5. The van der Waals surface area contributed by atoms with Crippen molar-refractivity contribution >= 4 is 57.8 Å². The van der Waals surface area contributed by atoms with E-state index in [1.807, 2.05) is 55.5 Å². The molecule has 0 aliphatic heterocycles. The molecule has 0 fully saturated rings. The van der Waals surface area contributed by atoms with Gasteiger partial charge in [-0.15, -0.1) is 0 Å². The number of hydrogen-bond acceptors (Lipinski definition) is 4. The van der Waals surface area contributed by atoms with Crippen molar-refractivity contribution in [3.63, 3.8) is 0 Å². The molecule has 1 amide bonds. The zero-order valence-corrected chi connectivity index (χ0v) is 21.9. The van der Waals surface area contributed by atoms with Gasteiger partial charge in [0.25, 0.3) is 5.91 Å². The molecule has 3 rings (SSSR count). The highest BCUT2D eigenvalue weighted by atomic mass is 127. The monoisotopic (exact) mass is 606 g/mol. The topological polar surface area (TPSA) is 71.3 Å². The van der Waals surface area contributed by atoms with Crippen LogP contribution in [0.5, 0.6) is 11.5 Å². The van der Waals surface area contributed by atoms with Gasteiger partial charge in [-0.05, 0) is 71.0 Å². The number of carbonyl (C=O) groups excluding carboxylic acids is 1. The highest BCUT2D eigenvalue weighted by Crippen LogP contribution is 2.36. The van der Waals surface area contributed by atoms with Crippen molar-refractivity contribution < 1.29 is 14.3 Å². The van der Waals surface area contributed by atoms with Crippen LogP contribution in [0.25, 0.3) is 6.08 Å². The van der Waals surface area contributed by atoms with Gasteiger partial charge in [0.15, 0.2) is 11.5 Å². The summed E-state index contributed by atoms with van der Waals surface area (Å²) in [6.07, 6.45) is 1.53. The third-order valence-electron chi connectivity index (χ3n) is 4.69. The predicted molar refractivity (Wildman–Crippen MR) is 143 cm³/mol. The molecule has 0 aromatic heterocycles. The molecule has 0 aliphatic rings. The molecule has 0 unspecified atom stereocenters. The molecule has 1 N–H and O–H groups in total. The van der Waals surface area contributed by atoms with Crippen LogP contribution in [0.15, 0.2) is 66.2 Å². The van der Waals surface area contributed by atoms with Crippen molar-refractivity contribution in [1.82, 2.24) is 5.32 Å². The van der Waals surface area contributed by atoms with Crippen LogP contribution >= 0.6 is 45.8 Å². The average molecular weight is 607 g/mol. The van der Waals surface area contributed by atoms with Gasteiger partial charge in [-0.3, -0.25) is 4.79 Å². The smallest absolute Gasteiger partial charge is 0.262 e. The Hall–Kier alpha value is -2.73. The minimum absolute atomic E-state index is 0.00389.